The Hall–Kier alpha value is -2.02. The molecule has 2 aromatic rings. The zero-order valence-electron chi connectivity index (χ0n) is 14.5. The van der Waals surface area contributed by atoms with Crippen LogP contribution in [-0.2, 0) is 17.6 Å². The van der Waals surface area contributed by atoms with Gasteiger partial charge in [-0.3, -0.25) is 0 Å². The quantitative estimate of drug-likeness (QED) is 0.688. The number of hydrogen-bond donors (Lipinski definition) is 3. The molecule has 0 aromatic carbocycles. The minimum Gasteiger partial charge on any atom is -0.464 e. The lowest BCUT2D eigenvalue weighted by molar-refractivity contribution is -0.0550. The van der Waals surface area contributed by atoms with E-state index in [1.807, 2.05) is 0 Å². The van der Waals surface area contributed by atoms with E-state index in [1.165, 1.54) is 0 Å². The molecule has 4 atom stereocenters. The average molecular weight is 388 g/mol. The molecule has 0 radical (unpaired) electrons. The summed E-state index contributed by atoms with van der Waals surface area (Å²) in [5.74, 6) is 0.587. The zero-order chi connectivity index (χ0) is 19.1. The van der Waals surface area contributed by atoms with E-state index in [0.29, 0.717) is 23.3 Å². The van der Waals surface area contributed by atoms with Crippen molar-refractivity contribution in [2.75, 3.05) is 6.61 Å². The molecule has 1 aliphatic carbocycles. The van der Waals surface area contributed by atoms with Crippen molar-refractivity contribution in [1.29, 1.82) is 5.26 Å². The van der Waals surface area contributed by atoms with Gasteiger partial charge in [0, 0.05) is 11.3 Å². The SMILES string of the molecule is N#Cc1c(-c2ccco2)c2c(n(C3O[C@H](CO)[C@@H](O)[C@H]3O)c1=S)CCCC2. The fourth-order valence-corrected chi connectivity index (χ4v) is 4.45. The van der Waals surface area contributed by atoms with Crippen molar-refractivity contribution in [1.82, 2.24) is 4.57 Å². The van der Waals surface area contributed by atoms with Crippen LogP contribution in [0, 0.1) is 16.0 Å². The van der Waals surface area contributed by atoms with Crippen LogP contribution >= 0.6 is 12.2 Å². The van der Waals surface area contributed by atoms with Gasteiger partial charge in [-0.1, -0.05) is 12.2 Å². The van der Waals surface area contributed by atoms with Gasteiger partial charge in [-0.05, 0) is 43.4 Å². The van der Waals surface area contributed by atoms with E-state index in [-0.39, 0.29) is 4.64 Å². The van der Waals surface area contributed by atoms with Crippen molar-refractivity contribution in [3.63, 3.8) is 0 Å². The third-order valence-electron chi connectivity index (χ3n) is 5.36. The summed E-state index contributed by atoms with van der Waals surface area (Å²) in [7, 11) is 0. The molecule has 142 valence electrons. The van der Waals surface area contributed by atoms with Crippen molar-refractivity contribution < 1.29 is 24.5 Å². The number of aliphatic hydroxyl groups is 3. The number of nitrogens with zero attached hydrogens (tertiary/aromatic N) is 2. The van der Waals surface area contributed by atoms with Crippen molar-refractivity contribution >= 4 is 12.2 Å². The van der Waals surface area contributed by atoms with Gasteiger partial charge in [-0.2, -0.15) is 5.26 Å². The van der Waals surface area contributed by atoms with Gasteiger partial charge < -0.3 is 29.0 Å². The topological polar surface area (TPSA) is 112 Å². The maximum atomic E-state index is 10.5. The molecule has 0 saturated carbocycles. The lowest BCUT2D eigenvalue weighted by Gasteiger charge is -2.29. The Morgan fingerprint density at radius 1 is 1.26 bits per heavy atom. The number of rotatable bonds is 3. The average Bonchev–Trinajstić information content (AvgIpc) is 3.30. The van der Waals surface area contributed by atoms with Crippen LogP contribution in [0.25, 0.3) is 11.3 Å². The first-order valence-electron chi connectivity index (χ1n) is 8.95. The van der Waals surface area contributed by atoms with Crippen LogP contribution < -0.4 is 0 Å². The molecule has 0 bridgehead atoms. The van der Waals surface area contributed by atoms with Gasteiger partial charge in [0.25, 0.3) is 0 Å². The Labute approximate surface area is 161 Å². The molecule has 1 fully saturated rings. The van der Waals surface area contributed by atoms with Crippen LogP contribution in [0.5, 0.6) is 0 Å². The van der Waals surface area contributed by atoms with E-state index in [9.17, 15) is 20.6 Å². The predicted molar refractivity (Wildman–Crippen MR) is 97.3 cm³/mol. The minimum absolute atomic E-state index is 0.236. The highest BCUT2D eigenvalue weighted by Crippen LogP contribution is 2.39. The molecule has 3 N–H and O–H groups in total. The number of aromatic nitrogens is 1. The number of furan rings is 1. The normalized spacial score (nSPS) is 27.3. The number of ether oxygens (including phenoxy) is 1. The van der Waals surface area contributed by atoms with Gasteiger partial charge in [-0.25, -0.2) is 0 Å². The van der Waals surface area contributed by atoms with Gasteiger partial charge in [0.15, 0.2) is 6.23 Å². The molecule has 1 saturated heterocycles. The Kier molecular flexibility index (Phi) is 4.88. The number of fused-ring (bicyclic) bond motifs is 1. The number of hydrogen-bond acceptors (Lipinski definition) is 7. The predicted octanol–water partition coefficient (Wildman–Crippen LogP) is 1.84. The Morgan fingerprint density at radius 3 is 2.67 bits per heavy atom. The van der Waals surface area contributed by atoms with Crippen LogP contribution in [0.15, 0.2) is 22.8 Å². The monoisotopic (exact) mass is 388 g/mol. The smallest absolute Gasteiger partial charge is 0.164 e. The fourth-order valence-electron chi connectivity index (χ4n) is 4.08. The van der Waals surface area contributed by atoms with Crippen molar-refractivity contribution in [2.45, 2.75) is 50.2 Å². The molecule has 3 heterocycles. The number of aliphatic hydroxyl groups excluding tert-OH is 3. The second-order valence-corrected chi connectivity index (χ2v) is 7.26. The summed E-state index contributed by atoms with van der Waals surface area (Å²) < 4.78 is 13.2. The van der Waals surface area contributed by atoms with Crippen LogP contribution in [0.2, 0.25) is 0 Å². The molecular weight excluding hydrogens is 368 g/mol. The van der Waals surface area contributed by atoms with Gasteiger partial charge >= 0.3 is 0 Å². The van der Waals surface area contributed by atoms with E-state index in [1.54, 1.807) is 23.0 Å². The van der Waals surface area contributed by atoms with Crippen LogP contribution in [-0.4, -0.2) is 44.8 Å². The van der Waals surface area contributed by atoms with E-state index in [2.05, 4.69) is 6.07 Å². The number of pyridine rings is 1. The summed E-state index contributed by atoms with van der Waals surface area (Å²) in [6.45, 7) is -0.417. The highest BCUT2D eigenvalue weighted by atomic mass is 32.1. The molecule has 8 heteroatoms. The molecule has 7 nitrogen and oxygen atoms in total. The third-order valence-corrected chi connectivity index (χ3v) is 5.77. The zero-order valence-corrected chi connectivity index (χ0v) is 15.4. The van der Waals surface area contributed by atoms with E-state index in [4.69, 9.17) is 21.4 Å². The summed E-state index contributed by atoms with van der Waals surface area (Å²) in [4.78, 5) is 0. The molecule has 2 aliphatic rings. The first kappa shape index (κ1) is 18.3. The Balaban J connectivity index is 1.97. The van der Waals surface area contributed by atoms with Crippen molar-refractivity contribution in [3.05, 3.63) is 39.9 Å². The van der Waals surface area contributed by atoms with Gasteiger partial charge in [0.05, 0.1) is 18.4 Å². The first-order chi connectivity index (χ1) is 13.1. The maximum absolute atomic E-state index is 10.5. The van der Waals surface area contributed by atoms with E-state index >= 15 is 0 Å². The summed E-state index contributed by atoms with van der Waals surface area (Å²) in [5.41, 5.74) is 2.83. The summed E-state index contributed by atoms with van der Waals surface area (Å²) in [6.07, 6.45) is 0.614. The molecule has 1 aliphatic heterocycles. The van der Waals surface area contributed by atoms with Gasteiger partial charge in [0.1, 0.15) is 34.8 Å². The molecular formula is C19H20N2O5S. The molecule has 2 aromatic heterocycles. The van der Waals surface area contributed by atoms with Crippen molar-refractivity contribution in [2.24, 2.45) is 0 Å². The largest absolute Gasteiger partial charge is 0.464 e. The summed E-state index contributed by atoms with van der Waals surface area (Å²) in [6, 6.07) is 5.75. The third kappa shape index (κ3) is 2.83. The van der Waals surface area contributed by atoms with Gasteiger partial charge in [0.2, 0.25) is 0 Å². The second-order valence-electron chi connectivity index (χ2n) is 6.88. The Bertz CT molecular complexity index is 946. The summed E-state index contributed by atoms with van der Waals surface area (Å²) in [5, 5.41) is 39.9. The first-order valence-corrected chi connectivity index (χ1v) is 9.36. The number of nitriles is 1. The lowest BCUT2D eigenvalue weighted by atomic mass is 9.88. The van der Waals surface area contributed by atoms with Gasteiger partial charge in [-0.15, -0.1) is 0 Å². The molecule has 0 amide bonds. The van der Waals surface area contributed by atoms with E-state index < -0.39 is 31.1 Å². The fraction of sp³-hybridized carbons (Fsp3) is 0.474. The molecule has 0 spiro atoms. The molecule has 4 rings (SSSR count). The minimum atomic E-state index is -1.25. The summed E-state index contributed by atoms with van der Waals surface area (Å²) >= 11 is 5.60. The van der Waals surface area contributed by atoms with Crippen LogP contribution in [0.4, 0.5) is 0 Å². The van der Waals surface area contributed by atoms with Crippen LogP contribution in [0.3, 0.4) is 0 Å². The molecule has 27 heavy (non-hydrogen) atoms. The van der Waals surface area contributed by atoms with Crippen molar-refractivity contribution in [3.8, 4) is 17.4 Å². The molecule has 1 unspecified atom stereocenters. The van der Waals surface area contributed by atoms with E-state index in [0.717, 1.165) is 30.5 Å². The van der Waals surface area contributed by atoms with Crippen LogP contribution in [0.1, 0.15) is 35.9 Å². The Morgan fingerprint density at radius 2 is 2.04 bits per heavy atom. The maximum Gasteiger partial charge on any atom is 0.164 e. The lowest BCUT2D eigenvalue weighted by Crippen LogP contribution is -2.34. The second kappa shape index (κ2) is 7.19. The highest BCUT2D eigenvalue weighted by molar-refractivity contribution is 7.71. The highest BCUT2D eigenvalue weighted by Gasteiger charge is 2.44. The standard InChI is InChI=1S/C19H20N2O5S/c20-8-11-15(13-6-3-7-25-13)10-4-1-2-5-12(10)21(19(11)27)18-17(24)16(23)14(9-22)26-18/h3,6-7,14,16-18,22-24H,1-2,4-5,9H2/t14-,16-,17-,18?/m1/s1.